The minimum Gasteiger partial charge on any atom is -0.406 e. The maximum absolute atomic E-state index is 13.7. The molecule has 0 spiro atoms. The Kier molecular flexibility index (Phi) is 5.52. The Hall–Kier alpha value is -2.69. The summed E-state index contributed by atoms with van der Waals surface area (Å²) < 4.78 is 67.7. The summed E-state index contributed by atoms with van der Waals surface area (Å²) in [6, 6.07) is 8.16. The van der Waals surface area contributed by atoms with Gasteiger partial charge in [-0.3, -0.25) is 9.69 Å². The van der Waals surface area contributed by atoms with Gasteiger partial charge in [0.1, 0.15) is 18.2 Å². The number of hydrogen-bond acceptors (Lipinski definition) is 4. The van der Waals surface area contributed by atoms with Gasteiger partial charge in [0, 0.05) is 0 Å². The van der Waals surface area contributed by atoms with Crippen molar-refractivity contribution in [2.75, 3.05) is 13.2 Å². The van der Waals surface area contributed by atoms with Crippen LogP contribution >= 0.6 is 15.9 Å². The van der Waals surface area contributed by atoms with E-state index in [1.165, 1.54) is 24.3 Å². The van der Waals surface area contributed by atoms with Crippen LogP contribution in [0.15, 0.2) is 51.9 Å². The molecule has 3 rings (SSSR count). The highest BCUT2D eigenvalue weighted by Crippen LogP contribution is 2.41. The number of amides is 1. The summed E-state index contributed by atoms with van der Waals surface area (Å²) in [5, 5.41) is 0. The van der Waals surface area contributed by atoms with Gasteiger partial charge in [-0.15, -0.1) is 13.2 Å². The average Bonchev–Trinajstić information content (AvgIpc) is 2.89. The SMILES string of the molecule is NC1=NC(c2ccc(OC(F)(F)F)cc2)(c2ccc(F)c(Br)c2)C(=O)N1CCF. The van der Waals surface area contributed by atoms with Crippen LogP contribution in [0.1, 0.15) is 11.1 Å². The number of alkyl halides is 4. The molecule has 2 N–H and O–H groups in total. The largest absolute Gasteiger partial charge is 0.573 e. The van der Waals surface area contributed by atoms with E-state index < -0.39 is 36.0 Å². The molecule has 1 unspecified atom stereocenters. The summed E-state index contributed by atoms with van der Waals surface area (Å²) in [4.78, 5) is 18.3. The number of hydrogen-bond donors (Lipinski definition) is 1. The fourth-order valence-corrected chi connectivity index (χ4v) is 3.42. The minimum absolute atomic E-state index is 0.0388. The van der Waals surface area contributed by atoms with Crippen LogP contribution in [0.4, 0.5) is 22.0 Å². The Bertz CT molecular complexity index is 965. The normalized spacial score (nSPS) is 19.4. The summed E-state index contributed by atoms with van der Waals surface area (Å²) in [7, 11) is 0. The van der Waals surface area contributed by atoms with E-state index in [1.807, 2.05) is 0 Å². The molecule has 29 heavy (non-hydrogen) atoms. The van der Waals surface area contributed by atoms with Gasteiger partial charge < -0.3 is 10.5 Å². The molecule has 0 radical (unpaired) electrons. The number of carbonyl (C=O) groups is 1. The lowest BCUT2D eigenvalue weighted by Gasteiger charge is -2.27. The zero-order valence-electron chi connectivity index (χ0n) is 14.5. The van der Waals surface area contributed by atoms with Crippen LogP contribution < -0.4 is 10.5 Å². The first kappa shape index (κ1) is 21.0. The van der Waals surface area contributed by atoms with Crippen LogP contribution in [0.5, 0.6) is 5.75 Å². The summed E-state index contributed by atoms with van der Waals surface area (Å²) >= 11 is 3.03. The first-order valence-electron chi connectivity index (χ1n) is 8.13. The molecule has 2 aromatic rings. The van der Waals surface area contributed by atoms with Crippen LogP contribution in [-0.4, -0.2) is 36.3 Å². The zero-order valence-corrected chi connectivity index (χ0v) is 16.1. The van der Waals surface area contributed by atoms with E-state index in [0.29, 0.717) is 0 Å². The number of nitrogens with zero attached hydrogens (tertiary/aromatic N) is 2. The van der Waals surface area contributed by atoms with Gasteiger partial charge in [-0.1, -0.05) is 18.2 Å². The standard InChI is InChI=1S/C18H13BrF5N3O2/c19-13-9-11(3-6-14(13)21)17(15(28)27(8-7-20)16(25)26-17)10-1-4-12(5-2-10)29-18(22,23)24/h1-6,9H,7-8H2,(H2,25,26). The van der Waals surface area contributed by atoms with E-state index in [4.69, 9.17) is 5.73 Å². The fourth-order valence-electron chi connectivity index (χ4n) is 3.04. The van der Waals surface area contributed by atoms with Crippen molar-refractivity contribution in [1.29, 1.82) is 0 Å². The first-order valence-corrected chi connectivity index (χ1v) is 8.93. The van der Waals surface area contributed by atoms with Crippen molar-refractivity contribution in [2.45, 2.75) is 11.9 Å². The number of carbonyl (C=O) groups excluding carboxylic acids is 1. The maximum Gasteiger partial charge on any atom is 0.573 e. The van der Waals surface area contributed by atoms with Crippen molar-refractivity contribution in [3.8, 4) is 5.75 Å². The molecule has 0 aliphatic carbocycles. The molecule has 0 saturated carbocycles. The van der Waals surface area contributed by atoms with E-state index in [-0.39, 0.29) is 28.1 Å². The molecule has 154 valence electrons. The number of aliphatic imine (C=N–C) groups is 1. The minimum atomic E-state index is -4.88. The van der Waals surface area contributed by atoms with E-state index >= 15 is 0 Å². The van der Waals surface area contributed by atoms with Crippen molar-refractivity contribution in [3.05, 3.63) is 63.9 Å². The first-order chi connectivity index (χ1) is 13.6. The summed E-state index contributed by atoms with van der Waals surface area (Å²) in [5.41, 5.74) is 4.35. The Morgan fingerprint density at radius 2 is 1.76 bits per heavy atom. The van der Waals surface area contributed by atoms with Crippen molar-refractivity contribution in [2.24, 2.45) is 10.7 Å². The second kappa shape index (κ2) is 7.62. The molecule has 0 bridgehead atoms. The van der Waals surface area contributed by atoms with Crippen LogP contribution in [0.2, 0.25) is 0 Å². The van der Waals surface area contributed by atoms with E-state index in [2.05, 4.69) is 25.7 Å². The topological polar surface area (TPSA) is 67.9 Å². The predicted molar refractivity (Wildman–Crippen MR) is 97.3 cm³/mol. The highest BCUT2D eigenvalue weighted by atomic mass is 79.9. The highest BCUT2D eigenvalue weighted by Gasteiger charge is 2.50. The Balaban J connectivity index is 2.14. The number of benzene rings is 2. The molecule has 1 aliphatic rings. The molecule has 1 heterocycles. The molecule has 0 saturated heterocycles. The van der Waals surface area contributed by atoms with Gasteiger partial charge in [-0.25, -0.2) is 13.8 Å². The molecule has 0 fully saturated rings. The predicted octanol–water partition coefficient (Wildman–Crippen LogP) is 3.86. The van der Waals surface area contributed by atoms with Gasteiger partial charge in [0.2, 0.25) is 0 Å². The molecule has 0 aromatic heterocycles. The maximum atomic E-state index is 13.7. The van der Waals surface area contributed by atoms with Gasteiger partial charge in [0.15, 0.2) is 11.5 Å². The Morgan fingerprint density at radius 3 is 2.31 bits per heavy atom. The van der Waals surface area contributed by atoms with Crippen LogP contribution in [0, 0.1) is 5.82 Å². The van der Waals surface area contributed by atoms with Crippen molar-refractivity contribution >= 4 is 27.8 Å². The van der Waals surface area contributed by atoms with Gasteiger partial charge in [0.05, 0.1) is 11.0 Å². The van der Waals surface area contributed by atoms with Crippen LogP contribution in [0.25, 0.3) is 0 Å². The lowest BCUT2D eigenvalue weighted by molar-refractivity contribution is -0.274. The number of guanidine groups is 1. The summed E-state index contributed by atoms with van der Waals surface area (Å²) in [5.74, 6) is -2.07. The molecule has 1 amide bonds. The van der Waals surface area contributed by atoms with Crippen molar-refractivity contribution in [1.82, 2.24) is 4.90 Å². The molecule has 5 nitrogen and oxygen atoms in total. The van der Waals surface area contributed by atoms with Gasteiger partial charge in [0.25, 0.3) is 5.91 Å². The monoisotopic (exact) mass is 477 g/mol. The summed E-state index contributed by atoms with van der Waals surface area (Å²) in [6.45, 7) is -1.24. The van der Waals surface area contributed by atoms with Crippen LogP contribution in [0.3, 0.4) is 0 Å². The third-order valence-electron chi connectivity index (χ3n) is 4.26. The number of ether oxygens (including phenoxy) is 1. The highest BCUT2D eigenvalue weighted by molar-refractivity contribution is 9.10. The molecule has 1 atom stereocenters. The second-order valence-electron chi connectivity index (χ2n) is 6.03. The Labute approximate surface area is 170 Å². The van der Waals surface area contributed by atoms with E-state index in [1.54, 1.807) is 0 Å². The quantitative estimate of drug-likeness (QED) is 0.665. The van der Waals surface area contributed by atoms with Gasteiger partial charge >= 0.3 is 6.36 Å². The third kappa shape index (κ3) is 3.91. The number of rotatable bonds is 5. The zero-order chi connectivity index (χ0) is 21.4. The third-order valence-corrected chi connectivity index (χ3v) is 4.87. The lowest BCUT2D eigenvalue weighted by Crippen LogP contribution is -2.44. The lowest BCUT2D eigenvalue weighted by atomic mass is 9.82. The Morgan fingerprint density at radius 1 is 1.14 bits per heavy atom. The van der Waals surface area contributed by atoms with Gasteiger partial charge in [-0.2, -0.15) is 0 Å². The second-order valence-corrected chi connectivity index (χ2v) is 6.88. The summed E-state index contributed by atoms with van der Waals surface area (Å²) in [6.07, 6.45) is -4.88. The molecule has 1 aliphatic heterocycles. The number of halogens is 6. The van der Waals surface area contributed by atoms with Crippen molar-refractivity contribution in [3.63, 3.8) is 0 Å². The number of nitrogens with two attached hydrogens (primary N) is 1. The molecular formula is C18H13BrF5N3O2. The van der Waals surface area contributed by atoms with E-state index in [0.717, 1.165) is 23.1 Å². The van der Waals surface area contributed by atoms with E-state index in [9.17, 15) is 26.7 Å². The molecule has 11 heteroatoms. The van der Waals surface area contributed by atoms with Crippen LogP contribution in [-0.2, 0) is 10.3 Å². The molecule has 2 aromatic carbocycles. The smallest absolute Gasteiger partial charge is 0.406 e. The van der Waals surface area contributed by atoms with Gasteiger partial charge in [-0.05, 0) is 51.3 Å². The average molecular weight is 478 g/mol. The van der Waals surface area contributed by atoms with Crippen molar-refractivity contribution < 1.29 is 31.5 Å². The fraction of sp³-hybridized carbons (Fsp3) is 0.222. The molecular weight excluding hydrogens is 465 g/mol.